The minimum Gasteiger partial charge on any atom is -0.398 e. The number of nitriles is 1. The second kappa shape index (κ2) is 5.95. The number of anilines is 1. The number of fused-ring (bicyclic) bond motifs is 1. The Morgan fingerprint density at radius 3 is 2.96 bits per heavy atom. The van der Waals surface area contributed by atoms with Crippen LogP contribution in [-0.2, 0) is 4.74 Å². The van der Waals surface area contributed by atoms with Crippen LogP contribution in [0.15, 0.2) is 36.7 Å². The van der Waals surface area contributed by atoms with Crippen molar-refractivity contribution in [1.82, 2.24) is 14.8 Å². The van der Waals surface area contributed by atoms with E-state index >= 15 is 0 Å². The third-order valence-electron chi connectivity index (χ3n) is 4.38. The molecule has 1 fully saturated rings. The van der Waals surface area contributed by atoms with Crippen LogP contribution in [0.2, 0.25) is 0 Å². The largest absolute Gasteiger partial charge is 0.398 e. The van der Waals surface area contributed by atoms with Gasteiger partial charge >= 0.3 is 0 Å². The molecule has 0 amide bonds. The SMILES string of the molecule is N#Cc1cc(-c2cc(N)c3cnn(C4CCCCO4)c3c2)ccn1. The predicted octanol–water partition coefficient (Wildman–Crippen LogP) is 3.25. The third-order valence-corrected chi connectivity index (χ3v) is 4.38. The third kappa shape index (κ3) is 2.49. The molecule has 24 heavy (non-hydrogen) atoms. The van der Waals surface area contributed by atoms with E-state index in [-0.39, 0.29) is 6.23 Å². The topological polar surface area (TPSA) is 89.8 Å². The summed E-state index contributed by atoms with van der Waals surface area (Å²) in [5.41, 5.74) is 10.1. The van der Waals surface area contributed by atoms with Crippen LogP contribution in [0.3, 0.4) is 0 Å². The highest BCUT2D eigenvalue weighted by molar-refractivity contribution is 5.94. The second-order valence-corrected chi connectivity index (χ2v) is 5.95. The molecule has 0 saturated carbocycles. The molecule has 0 bridgehead atoms. The van der Waals surface area contributed by atoms with Gasteiger partial charge in [-0.05, 0) is 54.7 Å². The number of nitrogens with zero attached hydrogens (tertiary/aromatic N) is 4. The summed E-state index contributed by atoms with van der Waals surface area (Å²) in [7, 11) is 0. The first-order valence-corrected chi connectivity index (χ1v) is 8.01. The van der Waals surface area contributed by atoms with Crippen LogP contribution in [0.25, 0.3) is 22.0 Å². The quantitative estimate of drug-likeness (QED) is 0.732. The zero-order valence-electron chi connectivity index (χ0n) is 13.1. The molecule has 0 spiro atoms. The summed E-state index contributed by atoms with van der Waals surface area (Å²) in [6, 6.07) is 9.66. The lowest BCUT2D eigenvalue weighted by atomic mass is 10.0. The maximum Gasteiger partial charge on any atom is 0.150 e. The zero-order valence-corrected chi connectivity index (χ0v) is 13.1. The van der Waals surface area contributed by atoms with Gasteiger partial charge < -0.3 is 10.5 Å². The molecule has 1 atom stereocenters. The second-order valence-electron chi connectivity index (χ2n) is 5.95. The Hall–Kier alpha value is -2.91. The fraction of sp³-hybridized carbons (Fsp3) is 0.278. The highest BCUT2D eigenvalue weighted by Gasteiger charge is 2.19. The lowest BCUT2D eigenvalue weighted by Gasteiger charge is -2.23. The zero-order chi connectivity index (χ0) is 16.5. The van der Waals surface area contributed by atoms with Crippen LogP contribution in [0.5, 0.6) is 0 Å². The Morgan fingerprint density at radius 2 is 2.17 bits per heavy atom. The van der Waals surface area contributed by atoms with Crippen LogP contribution in [0.4, 0.5) is 5.69 Å². The van der Waals surface area contributed by atoms with Crippen molar-refractivity contribution in [2.75, 3.05) is 12.3 Å². The fourth-order valence-electron chi connectivity index (χ4n) is 3.16. The standard InChI is InChI=1S/C18H17N5O/c19-10-14-7-12(4-5-21-14)13-8-16(20)15-11-22-23(17(15)9-13)18-3-1-2-6-24-18/h4-5,7-9,11,18H,1-3,6,20H2. The number of ether oxygens (including phenoxy) is 1. The van der Waals surface area contributed by atoms with E-state index in [0.29, 0.717) is 11.4 Å². The molecule has 4 rings (SSSR count). The predicted molar refractivity (Wildman–Crippen MR) is 90.9 cm³/mol. The van der Waals surface area contributed by atoms with Gasteiger partial charge in [-0.15, -0.1) is 0 Å². The molecule has 1 aromatic carbocycles. The van der Waals surface area contributed by atoms with Crippen molar-refractivity contribution in [2.45, 2.75) is 25.5 Å². The molecule has 2 aromatic heterocycles. The molecule has 0 radical (unpaired) electrons. The number of pyridine rings is 1. The molecular weight excluding hydrogens is 302 g/mol. The average Bonchev–Trinajstić information content (AvgIpc) is 3.07. The van der Waals surface area contributed by atoms with Gasteiger partial charge in [-0.1, -0.05) is 0 Å². The van der Waals surface area contributed by atoms with E-state index in [1.165, 1.54) is 0 Å². The highest BCUT2D eigenvalue weighted by atomic mass is 16.5. The van der Waals surface area contributed by atoms with Crippen molar-refractivity contribution >= 4 is 16.6 Å². The van der Waals surface area contributed by atoms with Gasteiger partial charge in [0.15, 0.2) is 6.23 Å². The lowest BCUT2D eigenvalue weighted by molar-refractivity contribution is -0.0366. The molecule has 6 nitrogen and oxygen atoms in total. The summed E-state index contributed by atoms with van der Waals surface area (Å²) in [6.07, 6.45) is 6.57. The maximum atomic E-state index is 9.05. The smallest absolute Gasteiger partial charge is 0.150 e. The number of benzene rings is 1. The first kappa shape index (κ1) is 14.7. The first-order chi connectivity index (χ1) is 11.8. The van der Waals surface area contributed by atoms with Crippen LogP contribution in [0.1, 0.15) is 31.2 Å². The number of hydrogen-bond donors (Lipinski definition) is 1. The summed E-state index contributed by atoms with van der Waals surface area (Å²) in [6.45, 7) is 0.761. The Labute approximate surface area is 139 Å². The Kier molecular flexibility index (Phi) is 3.63. The highest BCUT2D eigenvalue weighted by Crippen LogP contribution is 2.32. The average molecular weight is 319 g/mol. The van der Waals surface area contributed by atoms with Gasteiger partial charge in [0.1, 0.15) is 11.8 Å². The van der Waals surface area contributed by atoms with Gasteiger partial charge in [0.2, 0.25) is 0 Å². The van der Waals surface area contributed by atoms with E-state index in [2.05, 4.69) is 16.2 Å². The number of hydrogen-bond acceptors (Lipinski definition) is 5. The van der Waals surface area contributed by atoms with Gasteiger partial charge in [-0.2, -0.15) is 10.4 Å². The summed E-state index contributed by atoms with van der Waals surface area (Å²) < 4.78 is 7.78. The summed E-state index contributed by atoms with van der Waals surface area (Å²) in [5, 5.41) is 14.5. The first-order valence-electron chi connectivity index (χ1n) is 8.01. The van der Waals surface area contributed by atoms with E-state index in [1.807, 2.05) is 22.9 Å². The molecule has 0 aliphatic carbocycles. The van der Waals surface area contributed by atoms with E-state index in [1.54, 1.807) is 18.5 Å². The van der Waals surface area contributed by atoms with Gasteiger partial charge in [-0.3, -0.25) is 0 Å². The molecule has 1 aliphatic rings. The van der Waals surface area contributed by atoms with Crippen molar-refractivity contribution < 1.29 is 4.74 Å². The Bertz CT molecular complexity index is 934. The van der Waals surface area contributed by atoms with Gasteiger partial charge in [-0.25, -0.2) is 9.67 Å². The fourth-order valence-corrected chi connectivity index (χ4v) is 3.16. The molecule has 1 saturated heterocycles. The van der Waals surface area contributed by atoms with Crippen LogP contribution in [0, 0.1) is 11.3 Å². The van der Waals surface area contributed by atoms with Crippen molar-refractivity contribution in [3.8, 4) is 17.2 Å². The maximum absolute atomic E-state index is 9.05. The van der Waals surface area contributed by atoms with Gasteiger partial charge in [0, 0.05) is 23.9 Å². The van der Waals surface area contributed by atoms with Crippen LogP contribution < -0.4 is 5.73 Å². The molecule has 3 heterocycles. The minimum atomic E-state index is -0.0435. The van der Waals surface area contributed by atoms with E-state index < -0.39 is 0 Å². The lowest BCUT2D eigenvalue weighted by Crippen LogP contribution is -2.19. The van der Waals surface area contributed by atoms with Crippen molar-refractivity contribution in [2.24, 2.45) is 0 Å². The van der Waals surface area contributed by atoms with Gasteiger partial charge in [0.25, 0.3) is 0 Å². The Balaban J connectivity index is 1.84. The minimum absolute atomic E-state index is 0.0435. The molecule has 1 unspecified atom stereocenters. The molecule has 1 aliphatic heterocycles. The van der Waals surface area contributed by atoms with Crippen LogP contribution >= 0.6 is 0 Å². The molecular formula is C18H17N5O. The van der Waals surface area contributed by atoms with E-state index in [4.69, 9.17) is 15.7 Å². The number of rotatable bonds is 2. The number of nitrogen functional groups attached to an aromatic ring is 1. The molecule has 120 valence electrons. The Morgan fingerprint density at radius 1 is 1.25 bits per heavy atom. The molecule has 2 N–H and O–H groups in total. The van der Waals surface area contributed by atoms with E-state index in [0.717, 1.165) is 47.9 Å². The van der Waals surface area contributed by atoms with Crippen molar-refractivity contribution in [3.05, 3.63) is 42.4 Å². The number of aromatic nitrogens is 3. The monoisotopic (exact) mass is 319 g/mol. The molecule has 3 aromatic rings. The number of nitrogens with two attached hydrogens (primary N) is 1. The van der Waals surface area contributed by atoms with E-state index in [9.17, 15) is 0 Å². The summed E-state index contributed by atoms with van der Waals surface area (Å²) in [4.78, 5) is 4.02. The molecule has 6 heteroatoms. The van der Waals surface area contributed by atoms with Gasteiger partial charge in [0.05, 0.1) is 11.7 Å². The normalized spacial score (nSPS) is 17.7. The summed E-state index contributed by atoms with van der Waals surface area (Å²) >= 11 is 0. The summed E-state index contributed by atoms with van der Waals surface area (Å²) in [5.74, 6) is 0. The van der Waals surface area contributed by atoms with Crippen molar-refractivity contribution in [1.29, 1.82) is 5.26 Å². The van der Waals surface area contributed by atoms with Crippen LogP contribution in [-0.4, -0.2) is 21.4 Å². The van der Waals surface area contributed by atoms with Crippen molar-refractivity contribution in [3.63, 3.8) is 0 Å².